The zero-order valence-electron chi connectivity index (χ0n) is 19.8. The number of imide groups is 1. The molecule has 4 heterocycles. The normalized spacial score (nSPS) is 21.6. The molecule has 0 saturated carbocycles. The molecule has 0 aliphatic carbocycles. The summed E-state index contributed by atoms with van der Waals surface area (Å²) in [6.07, 6.45) is 3.92. The second-order valence-electron chi connectivity index (χ2n) is 9.48. The van der Waals surface area contributed by atoms with Gasteiger partial charge in [0.2, 0.25) is 0 Å². The van der Waals surface area contributed by atoms with E-state index in [0.717, 1.165) is 35.5 Å². The number of benzene rings is 1. The molecule has 0 unspecified atom stereocenters. The largest absolute Gasteiger partial charge is 0.353 e. The molecule has 3 aromatic rings. The van der Waals surface area contributed by atoms with E-state index < -0.39 is 5.54 Å². The third kappa shape index (κ3) is 3.77. The van der Waals surface area contributed by atoms with Gasteiger partial charge in [0.15, 0.2) is 5.65 Å². The second kappa shape index (κ2) is 8.68. The first-order valence-electron chi connectivity index (χ1n) is 11.7. The average molecular weight is 463 g/mol. The van der Waals surface area contributed by atoms with E-state index in [1.54, 1.807) is 17.2 Å². The van der Waals surface area contributed by atoms with Crippen molar-refractivity contribution in [1.29, 1.82) is 0 Å². The highest BCUT2D eigenvalue weighted by Gasteiger charge is 2.52. The van der Waals surface area contributed by atoms with Crippen LogP contribution in [0.15, 0.2) is 42.9 Å². The zero-order chi connectivity index (χ0) is 23.9. The Morgan fingerprint density at radius 3 is 2.50 bits per heavy atom. The minimum absolute atomic E-state index is 0.173. The Balaban J connectivity index is 1.30. The Labute approximate surface area is 198 Å². The number of nitrogens with one attached hydrogen (secondary N) is 1. The third-order valence-electron chi connectivity index (χ3n) is 6.68. The Hall–Kier alpha value is -3.53. The molecule has 34 heavy (non-hydrogen) atoms. The van der Waals surface area contributed by atoms with E-state index in [2.05, 4.69) is 44.0 Å². The van der Waals surface area contributed by atoms with Gasteiger partial charge in [0.25, 0.3) is 5.91 Å². The summed E-state index contributed by atoms with van der Waals surface area (Å²) >= 11 is 0. The van der Waals surface area contributed by atoms with Crippen molar-refractivity contribution >= 4 is 28.8 Å². The van der Waals surface area contributed by atoms with Crippen molar-refractivity contribution in [2.45, 2.75) is 25.8 Å². The van der Waals surface area contributed by atoms with Gasteiger partial charge in [-0.1, -0.05) is 44.2 Å². The van der Waals surface area contributed by atoms with Crippen molar-refractivity contribution in [3.05, 3.63) is 48.4 Å². The Bertz CT molecular complexity index is 1200. The Morgan fingerprint density at radius 1 is 1.06 bits per heavy atom. The number of aryl methyl sites for hydroxylation is 1. The molecule has 178 valence electrons. The minimum Gasteiger partial charge on any atom is -0.353 e. The number of nitrogens with zero attached hydrogens (tertiary/aromatic N) is 7. The smallest absolute Gasteiger partial charge is 0.326 e. The molecule has 0 bridgehead atoms. The molecular weight excluding hydrogens is 432 g/mol. The number of rotatable bonds is 6. The highest BCUT2D eigenvalue weighted by molar-refractivity contribution is 6.07. The fourth-order valence-corrected chi connectivity index (χ4v) is 5.04. The number of anilines is 1. The highest BCUT2D eigenvalue weighted by atomic mass is 16.2. The summed E-state index contributed by atoms with van der Waals surface area (Å²) in [5.74, 6) is 0.936. The van der Waals surface area contributed by atoms with Crippen LogP contribution in [0.25, 0.3) is 11.0 Å². The maximum Gasteiger partial charge on any atom is 0.326 e. The molecule has 0 spiro atoms. The third-order valence-corrected chi connectivity index (χ3v) is 6.68. The van der Waals surface area contributed by atoms with Gasteiger partial charge in [-0.3, -0.25) is 14.4 Å². The van der Waals surface area contributed by atoms with Crippen LogP contribution in [0, 0.1) is 5.92 Å². The van der Waals surface area contributed by atoms with Crippen molar-refractivity contribution < 1.29 is 9.59 Å². The number of hydrogen-bond acceptors (Lipinski definition) is 7. The first-order valence-corrected chi connectivity index (χ1v) is 11.7. The van der Waals surface area contributed by atoms with Gasteiger partial charge in [-0.2, -0.15) is 5.10 Å². The van der Waals surface area contributed by atoms with Crippen molar-refractivity contribution in [2.24, 2.45) is 13.0 Å². The molecule has 1 N–H and O–H groups in total. The number of amides is 3. The van der Waals surface area contributed by atoms with E-state index >= 15 is 0 Å². The zero-order valence-corrected chi connectivity index (χ0v) is 19.8. The molecule has 10 nitrogen and oxygen atoms in total. The fraction of sp³-hybridized carbons (Fsp3) is 0.458. The molecule has 2 fully saturated rings. The number of carbonyl (C=O) groups excluding carboxylic acids is 2. The van der Waals surface area contributed by atoms with Crippen LogP contribution in [0.3, 0.4) is 0 Å². The summed E-state index contributed by atoms with van der Waals surface area (Å²) in [5.41, 5.74) is 0.620. The summed E-state index contributed by atoms with van der Waals surface area (Å²) in [7, 11) is 1.86. The molecule has 0 radical (unpaired) electrons. The first kappa shape index (κ1) is 22.3. The number of urea groups is 1. The number of fused-ring (bicyclic) bond motifs is 1. The Kier molecular flexibility index (Phi) is 5.68. The van der Waals surface area contributed by atoms with Crippen molar-refractivity contribution in [2.75, 3.05) is 37.7 Å². The Morgan fingerprint density at radius 2 is 1.79 bits per heavy atom. The van der Waals surface area contributed by atoms with Crippen LogP contribution in [0.1, 0.15) is 25.8 Å². The number of carbonyl (C=O) groups is 2. The molecule has 10 heteroatoms. The highest BCUT2D eigenvalue weighted by Crippen LogP contribution is 2.35. The number of hydrogen-bond donors (Lipinski definition) is 1. The monoisotopic (exact) mass is 462 g/mol. The average Bonchev–Trinajstić information content (AvgIpc) is 3.33. The summed E-state index contributed by atoms with van der Waals surface area (Å²) in [6.45, 7) is 7.31. The molecule has 1 atom stereocenters. The van der Waals surface area contributed by atoms with Gasteiger partial charge in [-0.05, 0) is 17.9 Å². The molecule has 3 amide bonds. The van der Waals surface area contributed by atoms with Crippen LogP contribution >= 0.6 is 0 Å². The lowest BCUT2D eigenvalue weighted by Crippen LogP contribution is -2.52. The maximum atomic E-state index is 13.7. The minimum atomic E-state index is -1.01. The lowest BCUT2D eigenvalue weighted by atomic mass is 9.82. The maximum absolute atomic E-state index is 13.7. The van der Waals surface area contributed by atoms with E-state index in [-0.39, 0.29) is 24.5 Å². The summed E-state index contributed by atoms with van der Waals surface area (Å²) in [4.78, 5) is 41.2. The van der Waals surface area contributed by atoms with Gasteiger partial charge in [-0.25, -0.2) is 19.7 Å². The summed E-state index contributed by atoms with van der Waals surface area (Å²) in [6, 6.07) is 9.25. The van der Waals surface area contributed by atoms with Crippen LogP contribution < -0.4 is 10.2 Å². The van der Waals surface area contributed by atoms with Crippen molar-refractivity contribution in [3.8, 4) is 0 Å². The molecule has 1 aromatic carbocycles. The molecular formula is C24H30N8O2. The van der Waals surface area contributed by atoms with Gasteiger partial charge in [0, 0.05) is 33.2 Å². The predicted octanol–water partition coefficient (Wildman–Crippen LogP) is 1.94. The molecule has 2 aromatic heterocycles. The molecule has 5 rings (SSSR count). The van der Waals surface area contributed by atoms with E-state index in [9.17, 15) is 9.59 Å². The quantitative estimate of drug-likeness (QED) is 0.559. The van der Waals surface area contributed by atoms with Gasteiger partial charge in [0.1, 0.15) is 17.7 Å². The van der Waals surface area contributed by atoms with Crippen LogP contribution in [0.4, 0.5) is 10.6 Å². The van der Waals surface area contributed by atoms with Crippen molar-refractivity contribution in [3.63, 3.8) is 0 Å². The first-order chi connectivity index (χ1) is 16.4. The number of piperazine rings is 1. The number of aromatic nitrogens is 4. The lowest BCUT2D eigenvalue weighted by molar-refractivity contribution is -0.133. The molecule has 2 aliphatic rings. The summed E-state index contributed by atoms with van der Waals surface area (Å²) < 4.78 is 1.74. The van der Waals surface area contributed by atoms with E-state index in [0.29, 0.717) is 19.5 Å². The fourth-order valence-electron chi connectivity index (χ4n) is 5.04. The topological polar surface area (TPSA) is 99.5 Å². The van der Waals surface area contributed by atoms with Crippen LogP contribution in [0.2, 0.25) is 0 Å². The van der Waals surface area contributed by atoms with Gasteiger partial charge in [0.05, 0.1) is 18.3 Å². The van der Waals surface area contributed by atoms with Crippen LogP contribution in [-0.4, -0.2) is 74.3 Å². The van der Waals surface area contributed by atoms with Gasteiger partial charge < -0.3 is 10.2 Å². The van der Waals surface area contributed by atoms with Crippen LogP contribution in [-0.2, 0) is 17.4 Å². The van der Waals surface area contributed by atoms with Gasteiger partial charge in [-0.15, -0.1) is 0 Å². The molecule has 2 aliphatic heterocycles. The lowest BCUT2D eigenvalue weighted by Gasteiger charge is -2.37. The van der Waals surface area contributed by atoms with E-state index in [1.807, 2.05) is 37.4 Å². The van der Waals surface area contributed by atoms with E-state index in [4.69, 9.17) is 0 Å². The molecule has 2 saturated heterocycles. The SMILES string of the molecule is CC(C)C[C@]1(c2ccccc2)NC(=O)N(CN2CCN(c3ncnc4c3cnn4C)CC2)C1=O. The van der Waals surface area contributed by atoms with Gasteiger partial charge >= 0.3 is 6.03 Å². The summed E-state index contributed by atoms with van der Waals surface area (Å²) in [5, 5.41) is 8.26. The predicted molar refractivity (Wildman–Crippen MR) is 128 cm³/mol. The van der Waals surface area contributed by atoms with E-state index in [1.165, 1.54) is 4.90 Å². The standard InChI is InChI=1S/C24H30N8O2/c1-17(2)13-24(18-7-5-4-6-8-18)22(33)32(23(34)28-24)16-30-9-11-31(12-10-30)21-19-14-27-29(3)20(19)25-15-26-21/h4-8,14-15,17H,9-13,16H2,1-3H3,(H,28,34)/t24-/m1/s1. The van der Waals surface area contributed by atoms with Crippen LogP contribution in [0.5, 0.6) is 0 Å². The second-order valence-corrected chi connectivity index (χ2v) is 9.48. The van der Waals surface area contributed by atoms with Crippen molar-refractivity contribution in [1.82, 2.24) is 34.9 Å².